The first-order valence-corrected chi connectivity index (χ1v) is 9.47. The highest BCUT2D eigenvalue weighted by Crippen LogP contribution is 2.23. The van der Waals surface area contributed by atoms with Crippen molar-refractivity contribution < 1.29 is 14.3 Å². The molecule has 7 nitrogen and oxygen atoms in total. The third-order valence-corrected chi connectivity index (χ3v) is 4.77. The molecule has 4 unspecified atom stereocenters. The number of carbonyl (C=O) groups excluding carboxylic acids is 2. The summed E-state index contributed by atoms with van der Waals surface area (Å²) in [6.45, 7) is 2.49. The number of rotatable bonds is 11. The second kappa shape index (κ2) is 11.6. The highest BCUT2D eigenvalue weighted by molar-refractivity contribution is 5.69. The first-order chi connectivity index (χ1) is 13.2. The highest BCUT2D eigenvalue weighted by atomic mass is 16.5. The van der Waals surface area contributed by atoms with Gasteiger partial charge in [0.1, 0.15) is 24.8 Å². The highest BCUT2D eigenvalue weighted by Gasteiger charge is 2.32. The predicted octanol–water partition coefficient (Wildman–Crippen LogP) is 1.23. The number of nitrogens with zero attached hydrogens (tertiary/aromatic N) is 1. The molecule has 3 N–H and O–H groups in total. The van der Waals surface area contributed by atoms with Crippen molar-refractivity contribution in [3.05, 3.63) is 35.6 Å². The quantitative estimate of drug-likeness (QED) is 0.218. The smallest absolute Gasteiger partial charge is 0.144 e. The summed E-state index contributed by atoms with van der Waals surface area (Å²) < 4.78 is 6.22. The van der Waals surface area contributed by atoms with Crippen LogP contribution in [0.1, 0.15) is 32.6 Å². The van der Waals surface area contributed by atoms with Crippen molar-refractivity contribution in [2.45, 2.75) is 57.0 Å². The van der Waals surface area contributed by atoms with E-state index in [1.54, 1.807) is 6.92 Å². The normalized spacial score (nSPS) is 25.3. The molecular weight excluding hydrogens is 344 g/mol. The molecule has 1 aliphatic carbocycles. The largest absolute Gasteiger partial charge is 0.353 e. The second-order valence-corrected chi connectivity index (χ2v) is 6.73. The van der Waals surface area contributed by atoms with Gasteiger partial charge >= 0.3 is 0 Å². The average molecular weight is 374 g/mol. The molecule has 1 aliphatic heterocycles. The van der Waals surface area contributed by atoms with Crippen LogP contribution in [0.3, 0.4) is 0 Å². The fraction of sp³-hybridized carbons (Fsp3) is 0.550. The molecule has 0 aromatic rings. The van der Waals surface area contributed by atoms with Crippen LogP contribution in [-0.2, 0) is 14.3 Å². The van der Waals surface area contributed by atoms with Crippen molar-refractivity contribution in [1.29, 1.82) is 0 Å². The Kier molecular flexibility index (Phi) is 9.10. The van der Waals surface area contributed by atoms with Gasteiger partial charge in [-0.05, 0) is 51.3 Å². The number of aldehydes is 2. The molecule has 0 bridgehead atoms. The fourth-order valence-electron chi connectivity index (χ4n) is 3.18. The molecule has 27 heavy (non-hydrogen) atoms. The van der Waals surface area contributed by atoms with Gasteiger partial charge in [-0.15, -0.1) is 0 Å². The van der Waals surface area contributed by atoms with Crippen LogP contribution < -0.4 is 16.0 Å². The molecule has 1 saturated heterocycles. The molecule has 0 aromatic heterocycles. The number of allylic oxidation sites excluding steroid dienone is 5. The lowest BCUT2D eigenvalue weighted by atomic mass is 10.0. The van der Waals surface area contributed by atoms with E-state index in [0.717, 1.165) is 44.1 Å². The lowest BCUT2D eigenvalue weighted by molar-refractivity contribution is -0.108. The van der Waals surface area contributed by atoms with E-state index in [1.165, 1.54) is 18.0 Å². The van der Waals surface area contributed by atoms with Crippen molar-refractivity contribution >= 4 is 18.9 Å². The third kappa shape index (κ3) is 6.86. The number of nitrogens with one attached hydrogen (secondary N) is 3. The van der Waals surface area contributed by atoms with Gasteiger partial charge in [0.15, 0.2) is 0 Å². The van der Waals surface area contributed by atoms with Crippen LogP contribution >= 0.6 is 0 Å². The second-order valence-electron chi connectivity index (χ2n) is 6.73. The lowest BCUT2D eigenvalue weighted by Gasteiger charge is -2.24. The van der Waals surface area contributed by atoms with Crippen molar-refractivity contribution in [2.24, 2.45) is 4.99 Å². The topological polar surface area (TPSA) is 91.8 Å². The maximum atomic E-state index is 10.9. The van der Waals surface area contributed by atoms with E-state index < -0.39 is 6.04 Å². The van der Waals surface area contributed by atoms with Gasteiger partial charge in [0.2, 0.25) is 0 Å². The SMILES string of the molecule is CNC(CC/C(=C/C=O)NC=NC(C)C=O)C1CNC(C2=CC=CCC2)O1. The minimum atomic E-state index is -0.404. The molecule has 1 fully saturated rings. The van der Waals surface area contributed by atoms with Crippen molar-refractivity contribution in [3.8, 4) is 0 Å². The van der Waals surface area contributed by atoms with Crippen LogP contribution in [0.25, 0.3) is 0 Å². The summed E-state index contributed by atoms with van der Waals surface area (Å²) in [7, 11) is 1.92. The van der Waals surface area contributed by atoms with Crippen molar-refractivity contribution in [1.82, 2.24) is 16.0 Å². The summed E-state index contributed by atoms with van der Waals surface area (Å²) in [5, 5.41) is 9.77. The van der Waals surface area contributed by atoms with E-state index in [9.17, 15) is 9.59 Å². The predicted molar refractivity (Wildman–Crippen MR) is 107 cm³/mol. The number of likely N-dealkylation sites (N-methyl/N-ethyl adjacent to an activating group) is 1. The summed E-state index contributed by atoms with van der Waals surface area (Å²) >= 11 is 0. The van der Waals surface area contributed by atoms with Crippen LogP contribution in [0.15, 0.2) is 40.6 Å². The molecule has 148 valence electrons. The summed E-state index contributed by atoms with van der Waals surface area (Å²) in [4.78, 5) is 25.5. The summed E-state index contributed by atoms with van der Waals surface area (Å²) in [5.74, 6) is 0. The van der Waals surface area contributed by atoms with Crippen LogP contribution in [0.4, 0.5) is 0 Å². The number of carbonyl (C=O) groups is 2. The van der Waals surface area contributed by atoms with Gasteiger partial charge in [-0.2, -0.15) is 0 Å². The van der Waals surface area contributed by atoms with E-state index in [1.807, 2.05) is 7.05 Å². The number of aliphatic imine (C=N–C) groups is 1. The Morgan fingerprint density at radius 1 is 1.48 bits per heavy atom. The lowest BCUT2D eigenvalue weighted by Crippen LogP contribution is -2.40. The van der Waals surface area contributed by atoms with Gasteiger partial charge in [-0.1, -0.05) is 18.2 Å². The minimum Gasteiger partial charge on any atom is -0.353 e. The van der Waals surface area contributed by atoms with E-state index in [-0.39, 0.29) is 18.4 Å². The number of hydrogen-bond acceptors (Lipinski definition) is 6. The van der Waals surface area contributed by atoms with E-state index in [4.69, 9.17) is 4.74 Å². The maximum Gasteiger partial charge on any atom is 0.144 e. The Balaban J connectivity index is 1.86. The molecule has 2 aliphatic rings. The Bertz CT molecular complexity index is 612. The van der Waals surface area contributed by atoms with Crippen molar-refractivity contribution in [3.63, 3.8) is 0 Å². The first kappa shape index (κ1) is 21.2. The Labute approximate surface area is 161 Å². The number of ether oxygens (including phenoxy) is 1. The van der Waals surface area contributed by atoms with Crippen LogP contribution in [0.5, 0.6) is 0 Å². The van der Waals surface area contributed by atoms with Gasteiger partial charge in [-0.3, -0.25) is 15.1 Å². The molecule has 4 atom stereocenters. The summed E-state index contributed by atoms with van der Waals surface area (Å²) in [6, 6.07) is -0.246. The molecular formula is C20H30N4O3. The molecule has 0 spiro atoms. The molecule has 2 rings (SSSR count). The van der Waals surface area contributed by atoms with Crippen LogP contribution in [0, 0.1) is 0 Å². The minimum absolute atomic E-state index is 0.0177. The summed E-state index contributed by atoms with van der Waals surface area (Å²) in [6.07, 6.45) is 14.5. The zero-order valence-corrected chi connectivity index (χ0v) is 16.1. The molecule has 7 heteroatoms. The zero-order chi connectivity index (χ0) is 19.5. The molecule has 0 amide bonds. The third-order valence-electron chi connectivity index (χ3n) is 4.77. The van der Waals surface area contributed by atoms with E-state index in [0.29, 0.717) is 6.42 Å². The Hall–Kier alpha value is -2.09. The molecule has 0 radical (unpaired) electrons. The van der Waals surface area contributed by atoms with Gasteiger partial charge in [-0.25, -0.2) is 0 Å². The standard InChI is InChI=1S/C20H30N4O3/c1-15(13-26)23-14-24-17(10-11-25)8-9-18(21-2)19-12-22-20(27-19)16-6-4-3-5-7-16/h3-4,6,10-11,13-15,18-22H,5,7-9,12H2,1-2H3,(H,23,24)/b17-10-. The first-order valence-electron chi connectivity index (χ1n) is 9.47. The molecule has 1 heterocycles. The van der Waals surface area contributed by atoms with E-state index in [2.05, 4.69) is 39.2 Å². The fourth-order valence-corrected chi connectivity index (χ4v) is 3.18. The Morgan fingerprint density at radius 3 is 3.00 bits per heavy atom. The van der Waals surface area contributed by atoms with Crippen LogP contribution in [-0.4, -0.2) is 56.9 Å². The van der Waals surface area contributed by atoms with Gasteiger partial charge in [0.05, 0.1) is 12.4 Å². The van der Waals surface area contributed by atoms with Crippen LogP contribution in [0.2, 0.25) is 0 Å². The maximum absolute atomic E-state index is 10.9. The van der Waals surface area contributed by atoms with Crippen molar-refractivity contribution in [2.75, 3.05) is 13.6 Å². The monoisotopic (exact) mass is 374 g/mol. The average Bonchev–Trinajstić information content (AvgIpc) is 3.19. The van der Waals surface area contributed by atoms with Gasteiger partial charge < -0.3 is 20.2 Å². The van der Waals surface area contributed by atoms with Gasteiger partial charge in [0.25, 0.3) is 0 Å². The summed E-state index contributed by atoms with van der Waals surface area (Å²) in [5.41, 5.74) is 2.05. The van der Waals surface area contributed by atoms with Gasteiger partial charge in [0, 0.05) is 18.3 Å². The number of hydrogen-bond donors (Lipinski definition) is 3. The molecule has 0 aromatic carbocycles. The Morgan fingerprint density at radius 2 is 2.33 bits per heavy atom. The van der Waals surface area contributed by atoms with E-state index >= 15 is 0 Å². The zero-order valence-electron chi connectivity index (χ0n) is 16.1. The molecule has 0 saturated carbocycles.